The van der Waals surface area contributed by atoms with Crippen molar-refractivity contribution in [2.24, 2.45) is 0 Å². The summed E-state index contributed by atoms with van der Waals surface area (Å²) in [4.78, 5) is 24.5. The Labute approximate surface area is 165 Å². The van der Waals surface area contributed by atoms with Crippen LogP contribution in [0.25, 0.3) is 0 Å². The SMILES string of the molecule is COc1ccc(C(=O)OCC(=O)c2ccc(Cl)s2)cc1S(=O)(=O)NC1CC1. The molecule has 0 radical (unpaired) electrons. The largest absolute Gasteiger partial charge is 0.495 e. The second-order valence-electron chi connectivity index (χ2n) is 5.86. The zero-order chi connectivity index (χ0) is 19.6. The van der Waals surface area contributed by atoms with E-state index in [1.54, 1.807) is 12.1 Å². The molecule has 0 spiro atoms. The number of ether oxygens (including phenoxy) is 2. The number of Topliss-reactive ketones (excluding diaryl/α,β-unsaturated/α-hetero) is 1. The highest BCUT2D eigenvalue weighted by molar-refractivity contribution is 7.89. The first-order valence-electron chi connectivity index (χ1n) is 7.96. The first kappa shape index (κ1) is 19.8. The van der Waals surface area contributed by atoms with E-state index < -0.39 is 28.4 Å². The Balaban J connectivity index is 1.74. The third-order valence-corrected chi connectivity index (χ3v) is 6.58. The molecule has 1 aromatic heterocycles. The molecule has 0 aliphatic heterocycles. The number of halogens is 1. The zero-order valence-corrected chi connectivity index (χ0v) is 16.6. The van der Waals surface area contributed by atoms with Gasteiger partial charge in [0, 0.05) is 6.04 Å². The van der Waals surface area contributed by atoms with Gasteiger partial charge in [0.1, 0.15) is 10.6 Å². The van der Waals surface area contributed by atoms with E-state index in [2.05, 4.69) is 4.72 Å². The number of sulfonamides is 1. The molecular formula is C17H16ClNO6S2. The van der Waals surface area contributed by atoms with Crippen LogP contribution >= 0.6 is 22.9 Å². The summed E-state index contributed by atoms with van der Waals surface area (Å²) in [6.45, 7) is -0.468. The molecule has 3 rings (SSSR count). The molecule has 7 nitrogen and oxygen atoms in total. The molecule has 1 N–H and O–H groups in total. The summed E-state index contributed by atoms with van der Waals surface area (Å²) < 4.78 is 38.1. The Morgan fingerprint density at radius 3 is 2.59 bits per heavy atom. The van der Waals surface area contributed by atoms with Crippen LogP contribution in [0, 0.1) is 0 Å². The molecule has 0 atom stereocenters. The molecule has 144 valence electrons. The average molecular weight is 430 g/mol. The molecule has 1 aromatic carbocycles. The summed E-state index contributed by atoms with van der Waals surface area (Å²) in [5, 5.41) is 0. The summed E-state index contributed by atoms with van der Waals surface area (Å²) in [7, 11) is -2.49. The number of carbonyl (C=O) groups is 2. The monoisotopic (exact) mass is 429 g/mol. The lowest BCUT2D eigenvalue weighted by atomic mass is 10.2. The van der Waals surface area contributed by atoms with Gasteiger partial charge in [-0.15, -0.1) is 11.3 Å². The van der Waals surface area contributed by atoms with Gasteiger partial charge in [0.05, 0.1) is 21.9 Å². The molecule has 2 aromatic rings. The second kappa shape index (κ2) is 7.97. The van der Waals surface area contributed by atoms with Crippen molar-refractivity contribution in [3.8, 4) is 5.75 Å². The number of rotatable bonds is 8. The first-order chi connectivity index (χ1) is 12.8. The van der Waals surface area contributed by atoms with Gasteiger partial charge in [-0.2, -0.15) is 0 Å². The van der Waals surface area contributed by atoms with Gasteiger partial charge < -0.3 is 9.47 Å². The van der Waals surface area contributed by atoms with Gasteiger partial charge in [-0.1, -0.05) is 11.6 Å². The van der Waals surface area contributed by atoms with E-state index in [4.69, 9.17) is 21.1 Å². The lowest BCUT2D eigenvalue weighted by molar-refractivity contribution is 0.0475. The number of methoxy groups -OCH3 is 1. The number of nitrogens with one attached hydrogen (secondary N) is 1. The number of carbonyl (C=O) groups excluding carboxylic acids is 2. The van der Waals surface area contributed by atoms with E-state index in [9.17, 15) is 18.0 Å². The van der Waals surface area contributed by atoms with Gasteiger partial charge in [0.15, 0.2) is 6.61 Å². The average Bonchev–Trinajstić information content (AvgIpc) is 3.34. The maximum Gasteiger partial charge on any atom is 0.338 e. The summed E-state index contributed by atoms with van der Waals surface area (Å²) in [5.74, 6) is -1.09. The van der Waals surface area contributed by atoms with Gasteiger partial charge in [0.2, 0.25) is 15.8 Å². The Morgan fingerprint density at radius 1 is 1.26 bits per heavy atom. The third kappa shape index (κ3) is 4.86. The minimum atomic E-state index is -3.83. The smallest absolute Gasteiger partial charge is 0.338 e. The molecule has 1 aliphatic carbocycles. The fraction of sp³-hybridized carbons (Fsp3) is 0.294. The van der Waals surface area contributed by atoms with Gasteiger partial charge in [-0.25, -0.2) is 17.9 Å². The maximum atomic E-state index is 12.5. The molecule has 1 saturated carbocycles. The van der Waals surface area contributed by atoms with Crippen LogP contribution in [-0.4, -0.2) is 39.9 Å². The van der Waals surface area contributed by atoms with Crippen molar-refractivity contribution in [3.63, 3.8) is 0 Å². The van der Waals surface area contributed by atoms with Crippen molar-refractivity contribution < 1.29 is 27.5 Å². The van der Waals surface area contributed by atoms with Crippen LogP contribution < -0.4 is 9.46 Å². The predicted octanol–water partition coefficient (Wildman–Crippen LogP) is 2.89. The molecule has 1 aliphatic rings. The quantitative estimate of drug-likeness (QED) is 0.511. The molecule has 0 bridgehead atoms. The van der Waals surface area contributed by atoms with Crippen LogP contribution in [0.5, 0.6) is 5.75 Å². The van der Waals surface area contributed by atoms with Crippen molar-refractivity contribution in [2.45, 2.75) is 23.8 Å². The fourth-order valence-corrected chi connectivity index (χ4v) is 4.71. The minimum absolute atomic E-state index is 0.00369. The molecule has 0 amide bonds. The van der Waals surface area contributed by atoms with Gasteiger partial charge in [-0.05, 0) is 43.2 Å². The van der Waals surface area contributed by atoms with Crippen molar-refractivity contribution in [1.29, 1.82) is 0 Å². The number of hydrogen-bond acceptors (Lipinski definition) is 7. The Bertz CT molecular complexity index is 981. The Kier molecular flexibility index (Phi) is 5.85. The van der Waals surface area contributed by atoms with E-state index in [-0.39, 0.29) is 22.3 Å². The minimum Gasteiger partial charge on any atom is -0.495 e. The third-order valence-electron chi connectivity index (χ3n) is 3.77. The number of thiophene rings is 1. The first-order valence-corrected chi connectivity index (χ1v) is 10.6. The van der Waals surface area contributed by atoms with Crippen molar-refractivity contribution in [1.82, 2.24) is 4.72 Å². The highest BCUT2D eigenvalue weighted by Gasteiger charge is 2.30. The topological polar surface area (TPSA) is 98.8 Å². The molecule has 10 heteroatoms. The van der Waals surface area contributed by atoms with Crippen LogP contribution in [-0.2, 0) is 14.8 Å². The molecule has 1 heterocycles. The molecular weight excluding hydrogens is 414 g/mol. The number of ketones is 1. The molecule has 0 saturated heterocycles. The summed E-state index contributed by atoms with van der Waals surface area (Å²) in [5.41, 5.74) is 0.00369. The van der Waals surface area contributed by atoms with Crippen LogP contribution in [0.3, 0.4) is 0 Å². The Hall–Kier alpha value is -1.94. The number of esters is 1. The molecule has 0 unspecified atom stereocenters. The van der Waals surface area contributed by atoms with Crippen molar-refractivity contribution in [3.05, 3.63) is 45.1 Å². The number of hydrogen-bond donors (Lipinski definition) is 1. The predicted molar refractivity (Wildman–Crippen MR) is 100 cm³/mol. The van der Waals surface area contributed by atoms with Crippen LogP contribution in [0.1, 0.15) is 32.9 Å². The summed E-state index contributed by atoms with van der Waals surface area (Å²) >= 11 is 6.86. The van der Waals surface area contributed by atoms with Gasteiger partial charge in [-0.3, -0.25) is 4.79 Å². The van der Waals surface area contributed by atoms with E-state index in [1.165, 1.54) is 25.3 Å². The second-order valence-corrected chi connectivity index (χ2v) is 9.26. The van der Waals surface area contributed by atoms with Gasteiger partial charge >= 0.3 is 5.97 Å². The highest BCUT2D eigenvalue weighted by Crippen LogP contribution is 2.28. The summed E-state index contributed by atoms with van der Waals surface area (Å²) in [6, 6.07) is 6.96. The lowest BCUT2D eigenvalue weighted by Gasteiger charge is -2.12. The maximum absolute atomic E-state index is 12.5. The van der Waals surface area contributed by atoms with E-state index in [1.807, 2.05) is 0 Å². The Morgan fingerprint density at radius 2 is 2.00 bits per heavy atom. The summed E-state index contributed by atoms with van der Waals surface area (Å²) in [6.07, 6.45) is 1.55. The fourth-order valence-electron chi connectivity index (χ4n) is 2.25. The van der Waals surface area contributed by atoms with E-state index in [0.29, 0.717) is 9.21 Å². The van der Waals surface area contributed by atoms with Gasteiger partial charge in [0.25, 0.3) is 0 Å². The highest BCUT2D eigenvalue weighted by atomic mass is 35.5. The van der Waals surface area contributed by atoms with Crippen LogP contribution in [0.2, 0.25) is 4.34 Å². The normalized spacial score (nSPS) is 14.0. The van der Waals surface area contributed by atoms with Crippen LogP contribution in [0.15, 0.2) is 35.2 Å². The van der Waals surface area contributed by atoms with E-state index in [0.717, 1.165) is 24.2 Å². The molecule has 27 heavy (non-hydrogen) atoms. The standard InChI is InChI=1S/C17H16ClNO6S2/c1-24-13-5-2-10(8-15(13)27(22,23)19-11-3-4-11)17(21)25-9-12(20)14-6-7-16(18)26-14/h2,5-8,11,19H,3-4,9H2,1H3. The molecule has 1 fully saturated rings. The lowest BCUT2D eigenvalue weighted by Crippen LogP contribution is -2.26. The van der Waals surface area contributed by atoms with E-state index >= 15 is 0 Å². The number of benzene rings is 1. The van der Waals surface area contributed by atoms with Crippen molar-refractivity contribution >= 4 is 44.7 Å². The van der Waals surface area contributed by atoms with Crippen LogP contribution in [0.4, 0.5) is 0 Å². The van der Waals surface area contributed by atoms with Crippen molar-refractivity contribution in [2.75, 3.05) is 13.7 Å². The zero-order valence-electron chi connectivity index (χ0n) is 14.2.